The zero-order valence-electron chi connectivity index (χ0n) is 9.30. The van der Waals surface area contributed by atoms with Crippen molar-refractivity contribution >= 4 is 27.3 Å². The van der Waals surface area contributed by atoms with Crippen LogP contribution in [0.25, 0.3) is 0 Å². The van der Waals surface area contributed by atoms with Gasteiger partial charge in [-0.1, -0.05) is 5.16 Å². The van der Waals surface area contributed by atoms with E-state index in [0.717, 1.165) is 18.8 Å². The van der Waals surface area contributed by atoms with Gasteiger partial charge in [0.15, 0.2) is 0 Å². The highest BCUT2D eigenvalue weighted by Crippen LogP contribution is 2.37. The molecular weight excluding hydrogens is 300 g/mol. The molecule has 0 amide bonds. The van der Waals surface area contributed by atoms with Crippen molar-refractivity contribution < 1.29 is 4.52 Å². The number of nitrogens with zero attached hydrogens (tertiary/aromatic N) is 2. The fourth-order valence-electron chi connectivity index (χ4n) is 2.37. The summed E-state index contributed by atoms with van der Waals surface area (Å²) in [6.45, 7) is 2.03. The Kier molecular flexibility index (Phi) is 3.31. The van der Waals surface area contributed by atoms with Crippen LogP contribution in [0.5, 0.6) is 0 Å². The molecule has 0 N–H and O–H groups in total. The number of thiophene rings is 1. The normalized spacial score (nSPS) is 21.1. The average Bonchev–Trinajstić information content (AvgIpc) is 2.99. The van der Waals surface area contributed by atoms with Gasteiger partial charge in [-0.3, -0.25) is 4.90 Å². The zero-order chi connectivity index (χ0) is 11.7. The lowest BCUT2D eigenvalue weighted by molar-refractivity contribution is 0.243. The Morgan fingerprint density at radius 1 is 1.47 bits per heavy atom. The van der Waals surface area contributed by atoms with E-state index in [1.54, 1.807) is 6.26 Å². The van der Waals surface area contributed by atoms with Gasteiger partial charge < -0.3 is 4.52 Å². The Morgan fingerprint density at radius 2 is 2.41 bits per heavy atom. The van der Waals surface area contributed by atoms with Gasteiger partial charge in [0, 0.05) is 23.5 Å². The average molecular weight is 313 g/mol. The molecule has 3 heterocycles. The Hall–Kier alpha value is -0.650. The number of rotatable bonds is 3. The lowest BCUT2D eigenvalue weighted by atomic mass is 10.2. The van der Waals surface area contributed by atoms with E-state index < -0.39 is 0 Å². The molecule has 1 fully saturated rings. The number of aromatic nitrogens is 1. The van der Waals surface area contributed by atoms with E-state index in [1.165, 1.54) is 21.5 Å². The first-order chi connectivity index (χ1) is 8.33. The highest BCUT2D eigenvalue weighted by atomic mass is 79.9. The van der Waals surface area contributed by atoms with Gasteiger partial charge in [-0.2, -0.15) is 0 Å². The maximum absolute atomic E-state index is 4.89. The first-order valence-corrected chi connectivity index (χ1v) is 7.32. The highest BCUT2D eigenvalue weighted by Gasteiger charge is 2.27. The fraction of sp³-hybridized carbons (Fsp3) is 0.417. The predicted molar refractivity (Wildman–Crippen MR) is 70.9 cm³/mol. The van der Waals surface area contributed by atoms with E-state index in [4.69, 9.17) is 4.52 Å². The van der Waals surface area contributed by atoms with Crippen LogP contribution in [0.2, 0.25) is 0 Å². The number of halogens is 1. The Morgan fingerprint density at radius 3 is 3.12 bits per heavy atom. The van der Waals surface area contributed by atoms with E-state index in [0.29, 0.717) is 6.04 Å². The monoisotopic (exact) mass is 312 g/mol. The Labute approximate surface area is 113 Å². The van der Waals surface area contributed by atoms with Crippen LogP contribution in [0.1, 0.15) is 29.5 Å². The quantitative estimate of drug-likeness (QED) is 0.862. The molecular formula is C12H13BrN2OS. The lowest BCUT2D eigenvalue weighted by Crippen LogP contribution is -2.22. The third-order valence-electron chi connectivity index (χ3n) is 3.14. The van der Waals surface area contributed by atoms with Gasteiger partial charge in [-0.25, -0.2) is 0 Å². The van der Waals surface area contributed by atoms with Crippen LogP contribution in [0.3, 0.4) is 0 Å². The number of hydrogen-bond donors (Lipinski definition) is 0. The van der Waals surface area contributed by atoms with E-state index in [-0.39, 0.29) is 0 Å². The van der Waals surface area contributed by atoms with Gasteiger partial charge in [-0.15, -0.1) is 11.3 Å². The Balaban J connectivity index is 1.76. The van der Waals surface area contributed by atoms with Crippen molar-refractivity contribution in [2.24, 2.45) is 0 Å². The number of likely N-dealkylation sites (tertiary alicyclic amines) is 1. The van der Waals surface area contributed by atoms with Gasteiger partial charge in [0.2, 0.25) is 0 Å². The summed E-state index contributed by atoms with van der Waals surface area (Å²) in [6.07, 6.45) is 4.14. The summed E-state index contributed by atoms with van der Waals surface area (Å²) in [5.74, 6) is 0. The lowest BCUT2D eigenvalue weighted by Gasteiger charge is -2.22. The molecule has 5 heteroatoms. The molecule has 1 saturated heterocycles. The predicted octanol–water partition coefficient (Wildman–Crippen LogP) is 3.84. The molecule has 3 nitrogen and oxygen atoms in total. The minimum absolute atomic E-state index is 0.544. The second kappa shape index (κ2) is 4.92. The van der Waals surface area contributed by atoms with E-state index in [1.807, 2.05) is 17.4 Å². The molecule has 1 aliphatic rings. The van der Waals surface area contributed by atoms with Gasteiger partial charge in [0.25, 0.3) is 0 Å². The van der Waals surface area contributed by atoms with Crippen LogP contribution in [-0.2, 0) is 6.54 Å². The molecule has 3 rings (SSSR count). The number of hydrogen-bond acceptors (Lipinski definition) is 4. The summed E-state index contributed by atoms with van der Waals surface area (Å²) in [4.78, 5) is 3.92. The molecule has 0 aromatic carbocycles. The van der Waals surface area contributed by atoms with E-state index in [9.17, 15) is 0 Å². The maximum Gasteiger partial charge on any atom is 0.124 e. The molecule has 0 spiro atoms. The van der Waals surface area contributed by atoms with Crippen molar-refractivity contribution in [2.45, 2.75) is 25.4 Å². The summed E-state index contributed by atoms with van der Waals surface area (Å²) < 4.78 is 6.10. The maximum atomic E-state index is 4.89. The largest absolute Gasteiger partial charge is 0.364 e. The molecule has 1 aliphatic heterocycles. The molecule has 0 saturated carbocycles. The molecule has 0 aliphatic carbocycles. The second-order valence-electron chi connectivity index (χ2n) is 4.26. The standard InChI is InChI=1S/C12H13BrN2OS/c13-12-4-3-11(17-12)10-2-1-6-15(10)8-9-5-7-16-14-9/h3-5,7,10H,1-2,6,8H2/t10-/m0/s1. The van der Waals surface area contributed by atoms with Crippen molar-refractivity contribution in [3.8, 4) is 0 Å². The SMILES string of the molecule is Brc1ccc([C@@H]2CCCN2Cc2ccon2)s1. The second-order valence-corrected chi connectivity index (χ2v) is 6.76. The van der Waals surface area contributed by atoms with Crippen molar-refractivity contribution in [1.29, 1.82) is 0 Å². The van der Waals surface area contributed by atoms with Crippen LogP contribution in [-0.4, -0.2) is 16.6 Å². The fourth-order valence-corrected chi connectivity index (χ4v) is 3.97. The molecule has 17 heavy (non-hydrogen) atoms. The minimum atomic E-state index is 0.544. The van der Waals surface area contributed by atoms with Crippen LogP contribution < -0.4 is 0 Å². The van der Waals surface area contributed by atoms with Crippen molar-refractivity contribution in [3.63, 3.8) is 0 Å². The van der Waals surface area contributed by atoms with Crippen molar-refractivity contribution in [3.05, 3.63) is 38.8 Å². The molecule has 0 bridgehead atoms. The molecule has 90 valence electrons. The van der Waals surface area contributed by atoms with Gasteiger partial charge in [0.1, 0.15) is 6.26 Å². The van der Waals surface area contributed by atoms with Crippen molar-refractivity contribution in [2.75, 3.05) is 6.54 Å². The van der Waals surface area contributed by atoms with Crippen LogP contribution in [0, 0.1) is 0 Å². The van der Waals surface area contributed by atoms with E-state index in [2.05, 4.69) is 38.1 Å². The van der Waals surface area contributed by atoms with Crippen LogP contribution >= 0.6 is 27.3 Å². The smallest absolute Gasteiger partial charge is 0.124 e. The molecule has 0 radical (unpaired) electrons. The summed E-state index contributed by atoms with van der Waals surface area (Å²) in [5, 5.41) is 3.99. The molecule has 0 unspecified atom stereocenters. The first kappa shape index (κ1) is 11.4. The molecule has 2 aromatic heterocycles. The highest BCUT2D eigenvalue weighted by molar-refractivity contribution is 9.11. The summed E-state index contributed by atoms with van der Waals surface area (Å²) >= 11 is 5.36. The van der Waals surface area contributed by atoms with Crippen LogP contribution in [0.4, 0.5) is 0 Å². The summed E-state index contributed by atoms with van der Waals surface area (Å²) in [6, 6.07) is 6.84. The minimum Gasteiger partial charge on any atom is -0.364 e. The van der Waals surface area contributed by atoms with Gasteiger partial charge in [0.05, 0.1) is 9.48 Å². The summed E-state index contributed by atoms with van der Waals surface area (Å²) in [7, 11) is 0. The topological polar surface area (TPSA) is 29.3 Å². The zero-order valence-corrected chi connectivity index (χ0v) is 11.7. The molecule has 1 atom stereocenters. The van der Waals surface area contributed by atoms with Crippen LogP contribution in [0.15, 0.2) is 32.8 Å². The molecule has 2 aromatic rings. The Bertz CT molecular complexity index is 482. The summed E-state index contributed by atoms with van der Waals surface area (Å²) in [5.41, 5.74) is 1.02. The van der Waals surface area contributed by atoms with Gasteiger partial charge >= 0.3 is 0 Å². The van der Waals surface area contributed by atoms with Crippen molar-refractivity contribution in [1.82, 2.24) is 10.1 Å². The van der Waals surface area contributed by atoms with Gasteiger partial charge in [-0.05, 0) is 47.4 Å². The third kappa shape index (κ3) is 2.46. The van der Waals surface area contributed by atoms with E-state index >= 15 is 0 Å². The third-order valence-corrected chi connectivity index (χ3v) is 4.87. The first-order valence-electron chi connectivity index (χ1n) is 5.71.